The summed E-state index contributed by atoms with van der Waals surface area (Å²) < 4.78 is 0.164. The molecule has 0 amide bonds. The van der Waals surface area contributed by atoms with Crippen LogP contribution >= 0.6 is 22.6 Å². The third-order valence-electron chi connectivity index (χ3n) is 0. The zero-order valence-electron chi connectivity index (χ0n) is 1.64. The molecule has 0 heterocycles. The van der Waals surface area contributed by atoms with Gasteiger partial charge in [-0.05, 0) is 0 Å². The van der Waals surface area contributed by atoms with E-state index in [1.54, 1.807) is 22.6 Å². The summed E-state index contributed by atoms with van der Waals surface area (Å²) in [4.78, 5) is 9.44. The number of rotatable bonds is 0. The minimum atomic E-state index is 0.164. The third kappa shape index (κ3) is 11.7. The molecule has 0 saturated carbocycles. The maximum absolute atomic E-state index is 9.44. The van der Waals surface area contributed by atoms with Crippen molar-refractivity contribution in [3.8, 4) is 0 Å². The van der Waals surface area contributed by atoms with Gasteiger partial charge in [0.25, 0.3) is 0 Å². The van der Waals surface area contributed by atoms with E-state index in [-0.39, 0.29) is 2.34 Å². The Kier molecular flexibility index (Phi) is 2.88. The van der Waals surface area contributed by atoms with Crippen molar-refractivity contribution in [2.24, 2.45) is 0 Å². The van der Waals surface area contributed by atoms with Gasteiger partial charge in [0.15, 0.2) is 0 Å². The van der Waals surface area contributed by atoms with E-state index in [1.165, 1.54) is 18.6 Å². The van der Waals surface area contributed by atoms with Crippen LogP contribution in [0.3, 0.4) is 0 Å². The molecule has 0 aliphatic rings. The molecule has 0 radical (unpaired) electrons. The molecule has 1 nitrogen and oxygen atoms in total. The van der Waals surface area contributed by atoms with Crippen LogP contribution in [0.5, 0.6) is 0 Å². The van der Waals surface area contributed by atoms with E-state index >= 15 is 0 Å². The van der Waals surface area contributed by atoms with E-state index < -0.39 is 0 Å². The van der Waals surface area contributed by atoms with E-state index in [4.69, 9.17) is 0 Å². The number of halogens is 1. The van der Waals surface area contributed by atoms with Gasteiger partial charge in [-0.25, -0.2) is 0 Å². The van der Waals surface area contributed by atoms with E-state index in [1.807, 2.05) is 0 Å². The first-order chi connectivity index (χ1) is 1.73. The van der Waals surface area contributed by atoms with Gasteiger partial charge in [-0.1, -0.05) is 0 Å². The second kappa shape index (κ2) is 2.28. The molecule has 0 saturated heterocycles. The first-order valence-corrected chi connectivity index (χ1v) is 2.92. The Hall–Kier alpha value is 1.04. The Morgan fingerprint density at radius 3 is 2.00 bits per heavy atom. The topological polar surface area (TPSA) is 17.1 Å². The molecule has 0 aromatic heterocycles. The van der Waals surface area contributed by atoms with Gasteiger partial charge in [0.2, 0.25) is 0 Å². The summed E-state index contributed by atoms with van der Waals surface area (Å²) in [5, 5.41) is 0. The number of hydrogen-bond donors (Lipinski definition) is 0. The molecule has 0 aromatic carbocycles. The van der Waals surface area contributed by atoms with Gasteiger partial charge in [0.05, 0.1) is 0 Å². The van der Waals surface area contributed by atoms with E-state index in [9.17, 15) is 4.79 Å². The van der Waals surface area contributed by atoms with Gasteiger partial charge in [0.1, 0.15) is 0 Å². The zero-order chi connectivity index (χ0) is 3.58. The van der Waals surface area contributed by atoms with Crippen LogP contribution in [0.4, 0.5) is 4.79 Å². The second-order valence-electron chi connectivity index (χ2n) is 0.216. The molecule has 0 bridgehead atoms. The van der Waals surface area contributed by atoms with Gasteiger partial charge >= 0.3 is 48.3 Å². The third-order valence-corrected chi connectivity index (χ3v) is 0. The van der Waals surface area contributed by atoms with E-state index in [2.05, 4.69) is 0 Å². The molecular formula is CIOOs. The first-order valence-electron chi connectivity index (χ1n) is 0.570. The quantitative estimate of drug-likeness (QED) is 0.475. The summed E-state index contributed by atoms with van der Waals surface area (Å²) in [5.74, 6) is 0. The van der Waals surface area contributed by atoms with Crippen molar-refractivity contribution in [1.82, 2.24) is 0 Å². The number of hydrogen-bond acceptors (Lipinski definition) is 1. The summed E-state index contributed by atoms with van der Waals surface area (Å²) in [6.45, 7) is 0. The van der Waals surface area contributed by atoms with Crippen LogP contribution in [0.25, 0.3) is 0 Å². The zero-order valence-corrected chi connectivity index (χ0v) is 6.34. The normalized spacial score (nSPS) is 6.50. The standard InChI is InChI=1S/CIO.Os/c2-1-3;. The average Bonchev–Trinajstić information content (AvgIpc) is 0.811. The van der Waals surface area contributed by atoms with Crippen LogP contribution in [-0.4, -0.2) is 2.34 Å². The van der Waals surface area contributed by atoms with Crippen LogP contribution in [0.2, 0.25) is 0 Å². The fourth-order valence-electron chi connectivity index (χ4n) is 0. The summed E-state index contributed by atoms with van der Waals surface area (Å²) in [6, 6.07) is 0. The fraction of sp³-hybridized carbons (Fsp3) is 0. The van der Waals surface area contributed by atoms with Gasteiger partial charge in [0, 0.05) is 0 Å². The minimum absolute atomic E-state index is 0.164. The van der Waals surface area contributed by atoms with Crippen molar-refractivity contribution in [3.05, 3.63) is 0 Å². The molecule has 25 valence electrons. The monoisotopic (exact) mass is 347 g/mol. The molecule has 0 atom stereocenters. The van der Waals surface area contributed by atoms with Crippen LogP contribution in [0.1, 0.15) is 0 Å². The average molecular weight is 345 g/mol. The van der Waals surface area contributed by atoms with Crippen LogP contribution in [0, 0.1) is 0 Å². The molecule has 4 heavy (non-hydrogen) atoms. The molecule has 0 fully saturated rings. The SMILES string of the molecule is O=[C](I)[Os]. The van der Waals surface area contributed by atoms with Crippen molar-refractivity contribution >= 4 is 24.9 Å². The van der Waals surface area contributed by atoms with Crippen molar-refractivity contribution in [3.63, 3.8) is 0 Å². The summed E-state index contributed by atoms with van der Waals surface area (Å²) in [5.41, 5.74) is 0. The van der Waals surface area contributed by atoms with Crippen LogP contribution in [-0.2, 0) is 18.6 Å². The van der Waals surface area contributed by atoms with E-state index in [0.717, 1.165) is 0 Å². The Morgan fingerprint density at radius 1 is 2.00 bits per heavy atom. The van der Waals surface area contributed by atoms with Gasteiger partial charge in [-0.2, -0.15) is 0 Å². The van der Waals surface area contributed by atoms with Gasteiger partial charge < -0.3 is 0 Å². The van der Waals surface area contributed by atoms with Crippen molar-refractivity contribution in [2.45, 2.75) is 0 Å². The van der Waals surface area contributed by atoms with Crippen molar-refractivity contribution in [2.75, 3.05) is 0 Å². The number of carbonyl (C=O) groups is 1. The number of carbonyl (C=O) groups excluding carboxylic acids is 1. The molecular weight excluding hydrogens is 345 g/mol. The molecule has 0 aliphatic heterocycles. The fourth-order valence-corrected chi connectivity index (χ4v) is 0. The molecule has 0 spiro atoms. The second-order valence-corrected chi connectivity index (χ2v) is 4.78. The Balaban J connectivity index is 2.80. The Morgan fingerprint density at radius 2 is 2.00 bits per heavy atom. The van der Waals surface area contributed by atoms with E-state index in [0.29, 0.717) is 0 Å². The Bertz CT molecular complexity index is 31.0. The molecule has 3 heteroatoms. The maximum atomic E-state index is 9.44. The van der Waals surface area contributed by atoms with Crippen LogP contribution < -0.4 is 0 Å². The van der Waals surface area contributed by atoms with Gasteiger partial charge in [-0.15, -0.1) is 0 Å². The molecule has 0 aromatic rings. The van der Waals surface area contributed by atoms with Gasteiger partial charge in [-0.3, -0.25) is 0 Å². The van der Waals surface area contributed by atoms with Crippen molar-refractivity contribution < 1.29 is 23.4 Å². The molecule has 0 rings (SSSR count). The predicted molar refractivity (Wildman–Crippen MR) is 19.4 cm³/mol. The molecule has 0 unspecified atom stereocenters. The van der Waals surface area contributed by atoms with Crippen LogP contribution in [0.15, 0.2) is 0 Å². The Labute approximate surface area is 48.2 Å². The van der Waals surface area contributed by atoms with Crippen molar-refractivity contribution in [1.29, 1.82) is 0 Å². The summed E-state index contributed by atoms with van der Waals surface area (Å²) in [7, 11) is 0. The predicted octanol–water partition coefficient (Wildman–Crippen LogP) is 1.09. The summed E-state index contributed by atoms with van der Waals surface area (Å²) >= 11 is 3.07. The summed E-state index contributed by atoms with van der Waals surface area (Å²) in [6.07, 6.45) is 0. The molecule has 0 N–H and O–H groups in total. The molecule has 0 aliphatic carbocycles. The first kappa shape index (κ1) is 5.04.